The first-order chi connectivity index (χ1) is 11.2. The number of urea groups is 1. The van der Waals surface area contributed by atoms with Crippen molar-refractivity contribution in [2.45, 2.75) is 13.0 Å². The van der Waals surface area contributed by atoms with E-state index in [0.29, 0.717) is 5.69 Å². The maximum absolute atomic E-state index is 11.8. The number of benzene rings is 2. The molecular weight excluding hydrogens is 310 g/mol. The predicted octanol–water partition coefficient (Wildman–Crippen LogP) is 3.47. The number of anilines is 1. The van der Waals surface area contributed by atoms with Gasteiger partial charge in [0.05, 0.1) is 22.9 Å². The molecule has 1 heterocycles. The smallest absolute Gasteiger partial charge is 0.319 e. The first-order valence-corrected chi connectivity index (χ1v) is 8.12. The number of aliphatic hydroxyl groups is 1. The molecule has 2 aromatic carbocycles. The molecule has 23 heavy (non-hydrogen) atoms. The number of carbonyl (C=O) groups excluding carboxylic acids is 1. The molecule has 5 nitrogen and oxygen atoms in total. The monoisotopic (exact) mass is 327 g/mol. The van der Waals surface area contributed by atoms with Crippen LogP contribution in [0.4, 0.5) is 10.5 Å². The number of thiazole rings is 1. The van der Waals surface area contributed by atoms with E-state index in [-0.39, 0.29) is 18.7 Å². The number of nitrogens with zero attached hydrogens (tertiary/aromatic N) is 1. The number of para-hydroxylation sites is 1. The highest BCUT2D eigenvalue weighted by Crippen LogP contribution is 2.31. The van der Waals surface area contributed by atoms with Gasteiger partial charge in [-0.15, -0.1) is 11.3 Å². The van der Waals surface area contributed by atoms with Crippen molar-refractivity contribution in [3.8, 4) is 10.6 Å². The molecule has 2 amide bonds. The van der Waals surface area contributed by atoms with Crippen LogP contribution >= 0.6 is 11.3 Å². The van der Waals surface area contributed by atoms with Gasteiger partial charge < -0.3 is 15.7 Å². The molecule has 0 aliphatic rings. The van der Waals surface area contributed by atoms with Crippen molar-refractivity contribution < 1.29 is 9.90 Å². The lowest BCUT2D eigenvalue weighted by molar-refractivity contribution is 0.229. The number of hydrogen-bond donors (Lipinski definition) is 3. The van der Waals surface area contributed by atoms with Crippen LogP contribution in [0.2, 0.25) is 0 Å². The molecule has 0 aliphatic heterocycles. The van der Waals surface area contributed by atoms with Crippen molar-refractivity contribution in [3.63, 3.8) is 0 Å². The van der Waals surface area contributed by atoms with Gasteiger partial charge in [-0.1, -0.05) is 24.3 Å². The summed E-state index contributed by atoms with van der Waals surface area (Å²) in [5.41, 5.74) is 2.61. The van der Waals surface area contributed by atoms with E-state index in [2.05, 4.69) is 15.6 Å². The predicted molar refractivity (Wildman–Crippen MR) is 93.8 cm³/mol. The molecule has 1 aromatic heterocycles. The van der Waals surface area contributed by atoms with Gasteiger partial charge in [0.1, 0.15) is 5.01 Å². The third-order valence-corrected chi connectivity index (χ3v) is 4.40. The van der Waals surface area contributed by atoms with Crippen molar-refractivity contribution in [2.75, 3.05) is 11.9 Å². The van der Waals surface area contributed by atoms with E-state index in [4.69, 9.17) is 5.11 Å². The first kappa shape index (κ1) is 15.5. The van der Waals surface area contributed by atoms with Crippen molar-refractivity contribution >= 4 is 33.3 Å². The standard InChI is InChI=1S/C17H17N3O2S/c1-11(10-21)18-17(22)19-13-6-4-5-12(9-13)16-20-14-7-2-3-8-15(14)23-16/h2-9,11,21H,10H2,1H3,(H2,18,19,22)/t11-/m1/s1. The van der Waals surface area contributed by atoms with Crippen LogP contribution in [-0.2, 0) is 0 Å². The Balaban J connectivity index is 1.80. The average Bonchev–Trinajstić information content (AvgIpc) is 2.99. The second-order valence-corrected chi connectivity index (χ2v) is 6.28. The van der Waals surface area contributed by atoms with Gasteiger partial charge in [-0.3, -0.25) is 0 Å². The van der Waals surface area contributed by atoms with Crippen molar-refractivity contribution in [2.24, 2.45) is 0 Å². The van der Waals surface area contributed by atoms with Gasteiger partial charge in [0.2, 0.25) is 0 Å². The zero-order valence-corrected chi connectivity index (χ0v) is 13.4. The summed E-state index contributed by atoms with van der Waals surface area (Å²) in [7, 11) is 0. The fourth-order valence-electron chi connectivity index (χ4n) is 2.16. The Bertz CT molecular complexity index is 798. The topological polar surface area (TPSA) is 74.2 Å². The van der Waals surface area contributed by atoms with E-state index >= 15 is 0 Å². The zero-order chi connectivity index (χ0) is 16.2. The van der Waals surface area contributed by atoms with E-state index in [1.807, 2.05) is 48.5 Å². The zero-order valence-electron chi connectivity index (χ0n) is 12.6. The molecule has 0 unspecified atom stereocenters. The fraction of sp³-hybridized carbons (Fsp3) is 0.176. The number of rotatable bonds is 4. The summed E-state index contributed by atoms with van der Waals surface area (Å²) in [5.74, 6) is 0. The molecule has 6 heteroatoms. The van der Waals surface area contributed by atoms with Gasteiger partial charge >= 0.3 is 6.03 Å². The Kier molecular flexibility index (Phi) is 4.55. The third kappa shape index (κ3) is 3.67. The molecule has 118 valence electrons. The molecule has 3 rings (SSSR count). The minimum absolute atomic E-state index is 0.0981. The molecule has 0 saturated carbocycles. The van der Waals surface area contributed by atoms with Gasteiger partial charge in [-0.05, 0) is 31.2 Å². The van der Waals surface area contributed by atoms with Crippen LogP contribution in [0.3, 0.4) is 0 Å². The largest absolute Gasteiger partial charge is 0.394 e. The minimum atomic E-state index is -0.340. The van der Waals surface area contributed by atoms with Gasteiger partial charge in [0, 0.05) is 11.3 Å². The van der Waals surface area contributed by atoms with Crippen LogP contribution in [0.5, 0.6) is 0 Å². The maximum Gasteiger partial charge on any atom is 0.319 e. The Morgan fingerprint density at radius 2 is 2.09 bits per heavy atom. The third-order valence-electron chi connectivity index (χ3n) is 3.31. The number of amides is 2. The quantitative estimate of drug-likeness (QED) is 0.687. The van der Waals surface area contributed by atoms with Crippen LogP contribution in [0.15, 0.2) is 48.5 Å². The number of aromatic nitrogens is 1. The number of carbonyl (C=O) groups is 1. The molecule has 0 aliphatic carbocycles. The molecular formula is C17H17N3O2S. The van der Waals surface area contributed by atoms with E-state index in [9.17, 15) is 4.79 Å². The Labute approximate surface area is 138 Å². The summed E-state index contributed by atoms with van der Waals surface area (Å²) in [4.78, 5) is 16.4. The molecule has 0 fully saturated rings. The fourth-order valence-corrected chi connectivity index (χ4v) is 3.12. The maximum atomic E-state index is 11.8. The minimum Gasteiger partial charge on any atom is -0.394 e. The number of nitrogens with one attached hydrogen (secondary N) is 2. The van der Waals surface area contributed by atoms with E-state index in [1.54, 1.807) is 18.3 Å². The lowest BCUT2D eigenvalue weighted by atomic mass is 10.2. The Morgan fingerprint density at radius 3 is 2.87 bits per heavy atom. The molecule has 0 bridgehead atoms. The highest BCUT2D eigenvalue weighted by atomic mass is 32.1. The summed E-state index contributed by atoms with van der Waals surface area (Å²) in [6, 6.07) is 14.9. The van der Waals surface area contributed by atoms with Gasteiger partial charge in [0.25, 0.3) is 0 Å². The molecule has 1 atom stereocenters. The SMILES string of the molecule is C[C@H](CO)NC(=O)Nc1cccc(-c2nc3ccccc3s2)c1. The van der Waals surface area contributed by atoms with Crippen molar-refractivity contribution in [1.29, 1.82) is 0 Å². The second-order valence-electron chi connectivity index (χ2n) is 5.25. The number of hydrogen-bond acceptors (Lipinski definition) is 4. The highest BCUT2D eigenvalue weighted by Gasteiger charge is 2.09. The van der Waals surface area contributed by atoms with E-state index < -0.39 is 0 Å². The summed E-state index contributed by atoms with van der Waals surface area (Å²) in [5, 5.41) is 15.3. The van der Waals surface area contributed by atoms with Crippen molar-refractivity contribution in [1.82, 2.24) is 10.3 Å². The van der Waals surface area contributed by atoms with Gasteiger partial charge in [-0.2, -0.15) is 0 Å². The molecule has 3 N–H and O–H groups in total. The van der Waals surface area contributed by atoms with Gasteiger partial charge in [-0.25, -0.2) is 9.78 Å². The lowest BCUT2D eigenvalue weighted by Gasteiger charge is -2.12. The molecule has 0 spiro atoms. The summed E-state index contributed by atoms with van der Waals surface area (Å²) < 4.78 is 1.13. The molecule has 0 saturated heterocycles. The van der Waals surface area contributed by atoms with Crippen LogP contribution in [0.1, 0.15) is 6.92 Å². The Hall–Kier alpha value is -2.44. The first-order valence-electron chi connectivity index (χ1n) is 7.30. The Morgan fingerprint density at radius 1 is 1.26 bits per heavy atom. The summed E-state index contributed by atoms with van der Waals surface area (Å²) in [6.45, 7) is 1.64. The molecule has 0 radical (unpaired) electrons. The van der Waals surface area contributed by atoms with E-state index in [1.165, 1.54) is 0 Å². The van der Waals surface area contributed by atoms with Gasteiger partial charge in [0.15, 0.2) is 0 Å². The number of fused-ring (bicyclic) bond motifs is 1. The second kappa shape index (κ2) is 6.76. The van der Waals surface area contributed by atoms with Crippen LogP contribution in [0.25, 0.3) is 20.8 Å². The van der Waals surface area contributed by atoms with Crippen LogP contribution < -0.4 is 10.6 Å². The normalized spacial score (nSPS) is 12.1. The summed E-state index contributed by atoms with van der Waals surface area (Å²) in [6.07, 6.45) is 0. The van der Waals surface area contributed by atoms with E-state index in [0.717, 1.165) is 20.8 Å². The van der Waals surface area contributed by atoms with Crippen LogP contribution in [0, 0.1) is 0 Å². The summed E-state index contributed by atoms with van der Waals surface area (Å²) >= 11 is 1.62. The number of aliphatic hydroxyl groups excluding tert-OH is 1. The lowest BCUT2D eigenvalue weighted by Crippen LogP contribution is -2.38. The van der Waals surface area contributed by atoms with Crippen molar-refractivity contribution in [3.05, 3.63) is 48.5 Å². The van der Waals surface area contributed by atoms with Crippen LogP contribution in [-0.4, -0.2) is 28.8 Å². The average molecular weight is 327 g/mol. The molecule has 3 aromatic rings. The highest BCUT2D eigenvalue weighted by molar-refractivity contribution is 7.21.